The summed E-state index contributed by atoms with van der Waals surface area (Å²) in [6.07, 6.45) is -1.30. The molecule has 1 aromatic carbocycles. The molecule has 0 amide bonds. The number of hydrogen-bond acceptors (Lipinski definition) is 2. The fourth-order valence-corrected chi connectivity index (χ4v) is 1.73. The maximum absolute atomic E-state index is 12.9. The van der Waals surface area contributed by atoms with Crippen molar-refractivity contribution in [3.8, 4) is 0 Å². The number of halogens is 3. The molecule has 0 bridgehead atoms. The van der Waals surface area contributed by atoms with Crippen molar-refractivity contribution in [2.75, 3.05) is 5.73 Å². The summed E-state index contributed by atoms with van der Waals surface area (Å²) in [5.74, 6) is 0. The maximum Gasteiger partial charge on any atom is 0.416 e. The molecule has 0 atom stereocenters. The average molecular weight is 255 g/mol. The highest BCUT2D eigenvalue weighted by Crippen LogP contribution is 2.33. The Morgan fingerprint density at radius 2 is 2.06 bits per heavy atom. The van der Waals surface area contributed by atoms with E-state index in [4.69, 9.17) is 5.73 Å². The Hall–Kier alpha value is -1.98. The third-order valence-electron chi connectivity index (χ3n) is 2.70. The van der Waals surface area contributed by atoms with Gasteiger partial charge in [0.05, 0.1) is 11.9 Å². The molecule has 0 aliphatic rings. The topological polar surface area (TPSA) is 43.8 Å². The minimum absolute atomic E-state index is 0.105. The maximum atomic E-state index is 12.9. The first-order valence-electron chi connectivity index (χ1n) is 5.30. The predicted molar refractivity (Wildman–Crippen MR) is 61.9 cm³/mol. The van der Waals surface area contributed by atoms with Crippen LogP contribution in [0.4, 0.5) is 18.9 Å². The highest BCUT2D eigenvalue weighted by Gasteiger charge is 2.33. The van der Waals surface area contributed by atoms with Gasteiger partial charge >= 0.3 is 6.18 Å². The molecule has 0 spiro atoms. The molecule has 18 heavy (non-hydrogen) atoms. The SMILES string of the molecule is Cc1cncn1Cc1ccc(N)cc1C(F)(F)F. The molecule has 0 aliphatic carbocycles. The van der Waals surface area contributed by atoms with Gasteiger partial charge in [-0.1, -0.05) is 6.07 Å². The third kappa shape index (κ3) is 2.47. The molecule has 0 saturated heterocycles. The molecule has 2 rings (SSSR count). The molecular formula is C12H12F3N3. The van der Waals surface area contributed by atoms with Gasteiger partial charge in [-0.15, -0.1) is 0 Å². The zero-order chi connectivity index (χ0) is 13.3. The molecule has 3 nitrogen and oxygen atoms in total. The molecular weight excluding hydrogens is 243 g/mol. The summed E-state index contributed by atoms with van der Waals surface area (Å²) in [4.78, 5) is 3.88. The summed E-state index contributed by atoms with van der Waals surface area (Å²) in [7, 11) is 0. The number of aryl methyl sites for hydroxylation is 1. The van der Waals surface area contributed by atoms with Crippen molar-refractivity contribution in [3.63, 3.8) is 0 Å². The molecule has 2 aromatic rings. The van der Waals surface area contributed by atoms with Crippen LogP contribution in [0.1, 0.15) is 16.8 Å². The van der Waals surface area contributed by atoms with Crippen molar-refractivity contribution >= 4 is 5.69 Å². The lowest BCUT2D eigenvalue weighted by atomic mass is 10.1. The Morgan fingerprint density at radius 1 is 1.33 bits per heavy atom. The van der Waals surface area contributed by atoms with E-state index >= 15 is 0 Å². The van der Waals surface area contributed by atoms with Crippen LogP contribution in [0.25, 0.3) is 0 Å². The number of nitrogens with zero attached hydrogens (tertiary/aromatic N) is 2. The van der Waals surface area contributed by atoms with Crippen LogP contribution in [0, 0.1) is 6.92 Å². The van der Waals surface area contributed by atoms with Crippen molar-refractivity contribution in [3.05, 3.63) is 47.5 Å². The number of benzene rings is 1. The van der Waals surface area contributed by atoms with Gasteiger partial charge in [0.15, 0.2) is 0 Å². The van der Waals surface area contributed by atoms with Gasteiger partial charge < -0.3 is 10.3 Å². The fourth-order valence-electron chi connectivity index (χ4n) is 1.73. The molecule has 0 radical (unpaired) electrons. The zero-order valence-corrected chi connectivity index (χ0v) is 9.70. The number of nitrogen functional groups attached to an aromatic ring is 1. The van der Waals surface area contributed by atoms with Gasteiger partial charge in [-0.2, -0.15) is 13.2 Å². The van der Waals surface area contributed by atoms with Crippen LogP contribution in [0.2, 0.25) is 0 Å². The number of nitrogens with two attached hydrogens (primary N) is 1. The van der Waals surface area contributed by atoms with E-state index in [9.17, 15) is 13.2 Å². The molecule has 0 aliphatic heterocycles. The molecule has 0 saturated carbocycles. The van der Waals surface area contributed by atoms with E-state index in [2.05, 4.69) is 4.98 Å². The lowest BCUT2D eigenvalue weighted by molar-refractivity contribution is -0.138. The first kappa shape index (κ1) is 12.5. The van der Waals surface area contributed by atoms with Gasteiger partial charge in [0.1, 0.15) is 0 Å². The average Bonchev–Trinajstić information content (AvgIpc) is 2.66. The van der Waals surface area contributed by atoms with Crippen LogP contribution < -0.4 is 5.73 Å². The smallest absolute Gasteiger partial charge is 0.399 e. The Balaban J connectivity index is 2.42. The van der Waals surface area contributed by atoms with Gasteiger partial charge in [0, 0.05) is 24.1 Å². The highest BCUT2D eigenvalue weighted by atomic mass is 19.4. The van der Waals surface area contributed by atoms with Crippen molar-refractivity contribution in [2.24, 2.45) is 0 Å². The normalized spacial score (nSPS) is 11.8. The van der Waals surface area contributed by atoms with E-state index in [1.54, 1.807) is 17.7 Å². The Kier molecular flexibility index (Phi) is 3.02. The quantitative estimate of drug-likeness (QED) is 0.838. The summed E-state index contributed by atoms with van der Waals surface area (Å²) in [5, 5.41) is 0. The Bertz CT molecular complexity index is 558. The van der Waals surface area contributed by atoms with Crippen molar-refractivity contribution in [1.82, 2.24) is 9.55 Å². The van der Waals surface area contributed by atoms with E-state index < -0.39 is 11.7 Å². The van der Waals surface area contributed by atoms with Gasteiger partial charge in [0.25, 0.3) is 0 Å². The van der Waals surface area contributed by atoms with E-state index in [0.29, 0.717) is 0 Å². The second-order valence-corrected chi connectivity index (χ2v) is 4.08. The molecule has 1 aromatic heterocycles. The van der Waals surface area contributed by atoms with Gasteiger partial charge in [-0.05, 0) is 24.6 Å². The lowest BCUT2D eigenvalue weighted by Gasteiger charge is -2.14. The van der Waals surface area contributed by atoms with Crippen molar-refractivity contribution < 1.29 is 13.2 Å². The van der Waals surface area contributed by atoms with Gasteiger partial charge in [-0.25, -0.2) is 4.98 Å². The fraction of sp³-hybridized carbons (Fsp3) is 0.250. The number of rotatable bonds is 2. The second-order valence-electron chi connectivity index (χ2n) is 4.08. The molecule has 2 N–H and O–H groups in total. The first-order valence-corrected chi connectivity index (χ1v) is 5.30. The minimum Gasteiger partial charge on any atom is -0.399 e. The number of anilines is 1. The molecule has 6 heteroatoms. The van der Waals surface area contributed by atoms with Crippen LogP contribution >= 0.6 is 0 Å². The first-order chi connectivity index (χ1) is 8.38. The van der Waals surface area contributed by atoms with Crippen LogP contribution in [-0.4, -0.2) is 9.55 Å². The number of alkyl halides is 3. The van der Waals surface area contributed by atoms with E-state index in [0.717, 1.165) is 11.8 Å². The van der Waals surface area contributed by atoms with Gasteiger partial charge in [0.2, 0.25) is 0 Å². The number of hydrogen-bond donors (Lipinski definition) is 1. The lowest BCUT2D eigenvalue weighted by Crippen LogP contribution is -2.12. The number of imidazole rings is 1. The van der Waals surface area contributed by atoms with E-state index in [-0.39, 0.29) is 17.8 Å². The summed E-state index contributed by atoms with van der Waals surface area (Å²) < 4.78 is 40.3. The minimum atomic E-state index is -4.40. The van der Waals surface area contributed by atoms with Crippen LogP contribution in [0.15, 0.2) is 30.7 Å². The summed E-state index contributed by atoms with van der Waals surface area (Å²) >= 11 is 0. The molecule has 0 unspecified atom stereocenters. The summed E-state index contributed by atoms with van der Waals surface area (Å²) in [6, 6.07) is 3.83. The zero-order valence-electron chi connectivity index (χ0n) is 9.70. The largest absolute Gasteiger partial charge is 0.416 e. The predicted octanol–water partition coefficient (Wildman–Crippen LogP) is 2.84. The van der Waals surface area contributed by atoms with Crippen molar-refractivity contribution in [2.45, 2.75) is 19.6 Å². The third-order valence-corrected chi connectivity index (χ3v) is 2.70. The molecule has 0 fully saturated rings. The van der Waals surface area contributed by atoms with Crippen LogP contribution in [-0.2, 0) is 12.7 Å². The standard InChI is InChI=1S/C12H12F3N3/c1-8-5-17-7-18(8)6-9-2-3-10(16)4-11(9)12(13,14)15/h2-5,7H,6,16H2,1H3. The summed E-state index contributed by atoms with van der Waals surface area (Å²) in [6.45, 7) is 1.92. The van der Waals surface area contributed by atoms with E-state index in [1.807, 2.05) is 0 Å². The Morgan fingerprint density at radius 3 is 2.61 bits per heavy atom. The monoisotopic (exact) mass is 255 g/mol. The number of aromatic nitrogens is 2. The highest BCUT2D eigenvalue weighted by molar-refractivity contribution is 5.46. The van der Waals surface area contributed by atoms with Crippen LogP contribution in [0.5, 0.6) is 0 Å². The molecule has 96 valence electrons. The summed E-state index contributed by atoms with van der Waals surface area (Å²) in [5.41, 5.74) is 5.80. The van der Waals surface area contributed by atoms with Crippen molar-refractivity contribution in [1.29, 1.82) is 0 Å². The Labute approximate surface area is 102 Å². The molecule has 1 heterocycles. The second kappa shape index (κ2) is 4.36. The van der Waals surface area contributed by atoms with Gasteiger partial charge in [-0.3, -0.25) is 0 Å². The van der Waals surface area contributed by atoms with E-state index in [1.165, 1.54) is 18.5 Å². The van der Waals surface area contributed by atoms with Crippen LogP contribution in [0.3, 0.4) is 0 Å².